The van der Waals surface area contributed by atoms with Crippen molar-refractivity contribution in [1.82, 2.24) is 0 Å². The van der Waals surface area contributed by atoms with Crippen LogP contribution in [0, 0.1) is 0 Å². The molecular formula is C26H12O6. The van der Waals surface area contributed by atoms with Gasteiger partial charge in [-0.3, -0.25) is 0 Å². The minimum Gasteiger partial charge on any atom is -0.386 e. The van der Waals surface area contributed by atoms with Gasteiger partial charge in [0.15, 0.2) is 0 Å². The normalized spacial score (nSPS) is 14.4. The van der Waals surface area contributed by atoms with E-state index in [0.29, 0.717) is 0 Å². The van der Waals surface area contributed by atoms with Gasteiger partial charge in [-0.1, -0.05) is 36.4 Å². The number of cyclic esters (lactones) is 4. The fourth-order valence-corrected chi connectivity index (χ4v) is 4.22. The van der Waals surface area contributed by atoms with Gasteiger partial charge in [0.2, 0.25) is 0 Å². The average molecular weight is 420 g/mol. The Morgan fingerprint density at radius 1 is 0.406 bits per heavy atom. The van der Waals surface area contributed by atoms with Gasteiger partial charge >= 0.3 is 23.9 Å². The summed E-state index contributed by atoms with van der Waals surface area (Å²) >= 11 is 0. The summed E-state index contributed by atoms with van der Waals surface area (Å²) < 4.78 is 9.44. The van der Waals surface area contributed by atoms with Crippen molar-refractivity contribution in [3.63, 3.8) is 0 Å². The molecule has 0 saturated heterocycles. The van der Waals surface area contributed by atoms with E-state index in [-0.39, 0.29) is 22.3 Å². The molecular weight excluding hydrogens is 408 g/mol. The maximum Gasteiger partial charge on any atom is 0.346 e. The maximum absolute atomic E-state index is 12.1. The minimum absolute atomic E-state index is 0.217. The van der Waals surface area contributed by atoms with Gasteiger partial charge in [0.1, 0.15) is 0 Å². The van der Waals surface area contributed by atoms with Gasteiger partial charge in [-0.2, -0.15) is 0 Å². The molecule has 6 nitrogen and oxygen atoms in total. The third-order valence-corrected chi connectivity index (χ3v) is 5.80. The van der Waals surface area contributed by atoms with Crippen LogP contribution in [0.2, 0.25) is 0 Å². The molecule has 4 aromatic rings. The zero-order valence-corrected chi connectivity index (χ0v) is 16.4. The second-order valence-corrected chi connectivity index (χ2v) is 7.62. The zero-order chi connectivity index (χ0) is 22.0. The molecule has 4 aromatic carbocycles. The Kier molecular flexibility index (Phi) is 3.67. The van der Waals surface area contributed by atoms with Crippen molar-refractivity contribution < 1.29 is 28.7 Å². The van der Waals surface area contributed by atoms with Crippen molar-refractivity contribution in [3.05, 3.63) is 95.1 Å². The Bertz CT molecular complexity index is 1430. The molecule has 2 aliphatic rings. The summed E-state index contributed by atoms with van der Waals surface area (Å²) in [5, 5.41) is 1.97. The quantitative estimate of drug-likeness (QED) is 0.342. The zero-order valence-electron chi connectivity index (χ0n) is 16.4. The van der Waals surface area contributed by atoms with Crippen LogP contribution in [0.3, 0.4) is 0 Å². The molecule has 2 heterocycles. The van der Waals surface area contributed by atoms with Crippen LogP contribution in [0.15, 0.2) is 72.8 Å². The van der Waals surface area contributed by atoms with Crippen LogP contribution in [0.25, 0.3) is 33.0 Å². The Balaban J connectivity index is 1.61. The number of carbonyl (C=O) groups is 4. The van der Waals surface area contributed by atoms with Crippen LogP contribution < -0.4 is 0 Å². The van der Waals surface area contributed by atoms with E-state index in [1.165, 1.54) is 0 Å². The van der Waals surface area contributed by atoms with E-state index in [1.807, 2.05) is 36.4 Å². The molecule has 0 aromatic heterocycles. The summed E-state index contributed by atoms with van der Waals surface area (Å²) in [5.41, 5.74) is 3.95. The van der Waals surface area contributed by atoms with Crippen molar-refractivity contribution in [2.24, 2.45) is 0 Å². The molecule has 32 heavy (non-hydrogen) atoms. The van der Waals surface area contributed by atoms with Gasteiger partial charge in [0.05, 0.1) is 22.3 Å². The Hall–Kier alpha value is -4.58. The fraction of sp³-hybridized carbons (Fsp3) is 0. The highest BCUT2D eigenvalue weighted by Gasteiger charge is 2.31. The van der Waals surface area contributed by atoms with E-state index in [2.05, 4.69) is 0 Å². The van der Waals surface area contributed by atoms with Crippen LogP contribution in [0.5, 0.6) is 0 Å². The second kappa shape index (κ2) is 6.46. The van der Waals surface area contributed by atoms with Gasteiger partial charge in [-0.15, -0.1) is 0 Å². The number of fused-ring (bicyclic) bond motifs is 3. The fourth-order valence-electron chi connectivity index (χ4n) is 4.22. The van der Waals surface area contributed by atoms with Gasteiger partial charge in [-0.25, -0.2) is 19.2 Å². The Labute approximate surface area is 181 Å². The summed E-state index contributed by atoms with van der Waals surface area (Å²) in [5.74, 6) is -2.66. The first-order valence-corrected chi connectivity index (χ1v) is 9.84. The van der Waals surface area contributed by atoms with Crippen LogP contribution in [0.1, 0.15) is 41.4 Å². The van der Waals surface area contributed by atoms with E-state index in [9.17, 15) is 19.2 Å². The number of hydrogen-bond donors (Lipinski definition) is 0. The number of benzene rings is 4. The second-order valence-electron chi connectivity index (χ2n) is 7.62. The van der Waals surface area contributed by atoms with Crippen molar-refractivity contribution in [2.75, 3.05) is 0 Å². The molecule has 0 fully saturated rings. The van der Waals surface area contributed by atoms with E-state index >= 15 is 0 Å². The number of rotatable bonds is 2. The molecule has 6 heteroatoms. The molecule has 0 bridgehead atoms. The standard InChI is InChI=1S/C26H12O6/c27-23-17-7-5-15(11-21(17)25(29)31-23)19-9-13-3-1-2-4-14(13)10-20(19)16-6-8-18-22(12-16)26(30)32-24(18)28/h1-12H. The molecule has 2 aliphatic heterocycles. The molecule has 152 valence electrons. The van der Waals surface area contributed by atoms with Gasteiger partial charge in [-0.05, 0) is 69.4 Å². The number of ether oxygens (including phenoxy) is 2. The van der Waals surface area contributed by atoms with Gasteiger partial charge in [0, 0.05) is 0 Å². The largest absolute Gasteiger partial charge is 0.386 e. The maximum atomic E-state index is 12.1. The average Bonchev–Trinajstić information content (AvgIpc) is 3.26. The number of hydrogen-bond acceptors (Lipinski definition) is 6. The van der Waals surface area contributed by atoms with Crippen LogP contribution in [0.4, 0.5) is 0 Å². The summed E-state index contributed by atoms with van der Waals surface area (Å²) in [6.45, 7) is 0. The van der Waals surface area contributed by atoms with E-state index < -0.39 is 23.9 Å². The van der Waals surface area contributed by atoms with Crippen LogP contribution in [-0.2, 0) is 9.47 Å². The molecule has 0 N–H and O–H groups in total. The topological polar surface area (TPSA) is 86.7 Å². The SMILES string of the molecule is O=C1OC(=O)c2cc(-c3cc4ccccc4cc3-c3ccc4c(c3)C(=O)OC4=O)ccc21. The smallest absolute Gasteiger partial charge is 0.346 e. The number of carbonyl (C=O) groups excluding carboxylic acids is 4. The van der Waals surface area contributed by atoms with Gasteiger partial charge in [0.25, 0.3) is 0 Å². The highest BCUT2D eigenvalue weighted by Crippen LogP contribution is 2.38. The lowest BCUT2D eigenvalue weighted by Crippen LogP contribution is -1.97. The number of esters is 4. The predicted octanol–water partition coefficient (Wildman–Crippen LogP) is 4.80. The third kappa shape index (κ3) is 2.60. The van der Waals surface area contributed by atoms with Crippen molar-refractivity contribution >= 4 is 34.6 Å². The summed E-state index contributed by atoms with van der Waals surface area (Å²) in [4.78, 5) is 47.9. The first-order chi connectivity index (χ1) is 15.5. The lowest BCUT2D eigenvalue weighted by Gasteiger charge is -2.14. The highest BCUT2D eigenvalue weighted by atomic mass is 16.6. The van der Waals surface area contributed by atoms with Crippen molar-refractivity contribution in [2.45, 2.75) is 0 Å². The molecule has 0 aliphatic carbocycles. The Morgan fingerprint density at radius 3 is 1.25 bits per heavy atom. The van der Waals surface area contributed by atoms with E-state index in [1.54, 1.807) is 36.4 Å². The lowest BCUT2D eigenvalue weighted by molar-refractivity contribution is 0.0425. The molecule has 0 saturated carbocycles. The summed E-state index contributed by atoms with van der Waals surface area (Å²) in [6.07, 6.45) is 0. The highest BCUT2D eigenvalue weighted by molar-refractivity contribution is 6.16. The van der Waals surface area contributed by atoms with E-state index in [0.717, 1.165) is 33.0 Å². The Morgan fingerprint density at radius 2 is 0.812 bits per heavy atom. The molecule has 0 atom stereocenters. The molecule has 0 unspecified atom stereocenters. The summed E-state index contributed by atoms with van der Waals surface area (Å²) in [6, 6.07) is 21.8. The van der Waals surface area contributed by atoms with Crippen LogP contribution >= 0.6 is 0 Å². The van der Waals surface area contributed by atoms with Crippen molar-refractivity contribution in [1.29, 1.82) is 0 Å². The monoisotopic (exact) mass is 420 g/mol. The molecule has 0 amide bonds. The molecule has 0 radical (unpaired) electrons. The van der Waals surface area contributed by atoms with Crippen molar-refractivity contribution in [3.8, 4) is 22.3 Å². The first kappa shape index (κ1) is 18.2. The minimum atomic E-state index is -0.673. The van der Waals surface area contributed by atoms with Gasteiger partial charge < -0.3 is 9.47 Å². The lowest BCUT2D eigenvalue weighted by atomic mass is 9.89. The van der Waals surface area contributed by atoms with E-state index in [4.69, 9.17) is 9.47 Å². The first-order valence-electron chi connectivity index (χ1n) is 9.84. The third-order valence-electron chi connectivity index (χ3n) is 5.80. The summed E-state index contributed by atoms with van der Waals surface area (Å²) in [7, 11) is 0. The van der Waals surface area contributed by atoms with Crippen LogP contribution in [-0.4, -0.2) is 23.9 Å². The molecule has 0 spiro atoms. The molecule has 6 rings (SSSR count). The predicted molar refractivity (Wildman–Crippen MR) is 114 cm³/mol.